The zero-order chi connectivity index (χ0) is 12.8. The van der Waals surface area contributed by atoms with Crippen molar-refractivity contribution in [1.29, 1.82) is 0 Å². The Bertz CT molecular complexity index is 403. The van der Waals surface area contributed by atoms with Crippen molar-refractivity contribution in [1.82, 2.24) is 15.3 Å². The van der Waals surface area contributed by atoms with Gasteiger partial charge in [-0.1, -0.05) is 23.4 Å². The topological polar surface area (TPSA) is 64.1 Å². The number of aromatic nitrogens is 2. The lowest BCUT2D eigenvalue weighted by Gasteiger charge is -2.12. The van der Waals surface area contributed by atoms with Gasteiger partial charge in [-0.25, -0.2) is 9.97 Å². The van der Waals surface area contributed by atoms with Crippen LogP contribution in [0.2, 0.25) is 5.02 Å². The lowest BCUT2D eigenvalue weighted by atomic mass is 10.3. The van der Waals surface area contributed by atoms with E-state index in [2.05, 4.69) is 15.3 Å². The Balaban J connectivity index is 2.80. The van der Waals surface area contributed by atoms with Crippen LogP contribution < -0.4 is 5.32 Å². The molecule has 1 atom stereocenters. The number of nitrogens with zero attached hydrogens (tertiary/aromatic N) is 2. The van der Waals surface area contributed by atoms with E-state index in [0.717, 1.165) is 0 Å². The van der Waals surface area contributed by atoms with Gasteiger partial charge < -0.3 is 10.1 Å². The van der Waals surface area contributed by atoms with E-state index in [1.165, 1.54) is 18.0 Å². The molecule has 0 saturated carbocycles. The number of carbonyl (C=O) groups excluding carboxylic acids is 1. The van der Waals surface area contributed by atoms with E-state index in [1.54, 1.807) is 7.11 Å². The van der Waals surface area contributed by atoms with Crippen LogP contribution in [-0.2, 0) is 4.74 Å². The summed E-state index contributed by atoms with van der Waals surface area (Å²) >= 11 is 7.23. The Hall–Kier alpha value is -0.850. The van der Waals surface area contributed by atoms with Gasteiger partial charge in [-0.2, -0.15) is 0 Å². The van der Waals surface area contributed by atoms with Gasteiger partial charge in [0.25, 0.3) is 5.91 Å². The fourth-order valence-corrected chi connectivity index (χ4v) is 1.71. The molecule has 1 heterocycles. The molecule has 0 aliphatic carbocycles. The number of halogens is 1. The minimum Gasteiger partial charge on any atom is -0.383 e. The summed E-state index contributed by atoms with van der Waals surface area (Å²) < 4.78 is 4.93. The maximum absolute atomic E-state index is 11.9. The van der Waals surface area contributed by atoms with E-state index in [0.29, 0.717) is 11.8 Å². The molecule has 5 nitrogen and oxygen atoms in total. The molecule has 0 aliphatic rings. The smallest absolute Gasteiger partial charge is 0.271 e. The first kappa shape index (κ1) is 14.2. The molecule has 1 N–H and O–H groups in total. The molecule has 0 saturated heterocycles. The van der Waals surface area contributed by atoms with Crippen LogP contribution in [0.25, 0.3) is 0 Å². The number of thioether (sulfide) groups is 1. The predicted octanol–water partition coefficient (Wildman–Crippen LogP) is 1.62. The van der Waals surface area contributed by atoms with Crippen LogP contribution in [-0.4, -0.2) is 41.9 Å². The van der Waals surface area contributed by atoms with Crippen LogP contribution in [0, 0.1) is 0 Å². The molecule has 1 rings (SSSR count). The van der Waals surface area contributed by atoms with Crippen LogP contribution in [0.4, 0.5) is 0 Å². The second-order valence-electron chi connectivity index (χ2n) is 3.38. The first-order chi connectivity index (χ1) is 8.08. The highest BCUT2D eigenvalue weighted by Gasteiger charge is 2.15. The molecule has 0 radical (unpaired) electrons. The molecule has 1 aromatic rings. The van der Waals surface area contributed by atoms with Crippen molar-refractivity contribution in [2.24, 2.45) is 0 Å². The van der Waals surface area contributed by atoms with E-state index in [4.69, 9.17) is 16.3 Å². The summed E-state index contributed by atoms with van der Waals surface area (Å²) in [7, 11) is 1.58. The highest BCUT2D eigenvalue weighted by molar-refractivity contribution is 7.98. The van der Waals surface area contributed by atoms with Gasteiger partial charge in [0.2, 0.25) is 0 Å². The maximum atomic E-state index is 11.9. The lowest BCUT2D eigenvalue weighted by Crippen LogP contribution is -2.36. The van der Waals surface area contributed by atoms with E-state index in [1.807, 2.05) is 13.2 Å². The molecular weight excluding hydrogens is 262 g/mol. The molecule has 0 unspecified atom stereocenters. The average Bonchev–Trinajstić information content (AvgIpc) is 2.29. The fraction of sp³-hybridized carbons (Fsp3) is 0.500. The normalized spacial score (nSPS) is 12.2. The van der Waals surface area contributed by atoms with Gasteiger partial charge in [-0.15, -0.1) is 0 Å². The number of ether oxygens (including phenoxy) is 1. The Morgan fingerprint density at radius 3 is 3.00 bits per heavy atom. The summed E-state index contributed by atoms with van der Waals surface area (Å²) in [6.45, 7) is 2.27. The second kappa shape index (κ2) is 6.78. The Kier molecular flexibility index (Phi) is 5.67. The fourth-order valence-electron chi connectivity index (χ4n) is 1.19. The zero-order valence-corrected chi connectivity index (χ0v) is 11.4. The van der Waals surface area contributed by atoms with Crippen molar-refractivity contribution in [3.8, 4) is 0 Å². The van der Waals surface area contributed by atoms with Crippen LogP contribution in [0.1, 0.15) is 17.4 Å². The van der Waals surface area contributed by atoms with Gasteiger partial charge in [0, 0.05) is 13.2 Å². The van der Waals surface area contributed by atoms with E-state index >= 15 is 0 Å². The molecular formula is C10H14ClN3O2S. The van der Waals surface area contributed by atoms with Gasteiger partial charge >= 0.3 is 0 Å². The van der Waals surface area contributed by atoms with Crippen LogP contribution >= 0.6 is 23.4 Å². The maximum Gasteiger partial charge on any atom is 0.271 e. The minimum absolute atomic E-state index is 0.101. The van der Waals surface area contributed by atoms with Crippen LogP contribution in [0.5, 0.6) is 0 Å². The quantitative estimate of drug-likeness (QED) is 0.653. The van der Waals surface area contributed by atoms with Gasteiger partial charge in [0.05, 0.1) is 17.8 Å². The number of amides is 1. The van der Waals surface area contributed by atoms with Gasteiger partial charge in [0.15, 0.2) is 10.9 Å². The third-order valence-corrected chi connectivity index (χ3v) is 2.75. The first-order valence-corrected chi connectivity index (χ1v) is 6.55. The molecule has 0 aliphatic heterocycles. The molecule has 1 amide bonds. The third kappa shape index (κ3) is 4.14. The zero-order valence-electron chi connectivity index (χ0n) is 9.86. The van der Waals surface area contributed by atoms with Crippen LogP contribution in [0.15, 0.2) is 11.4 Å². The second-order valence-corrected chi connectivity index (χ2v) is 4.56. The Morgan fingerprint density at radius 1 is 1.71 bits per heavy atom. The summed E-state index contributed by atoms with van der Waals surface area (Å²) in [6.07, 6.45) is 3.26. The predicted molar refractivity (Wildman–Crippen MR) is 67.6 cm³/mol. The summed E-state index contributed by atoms with van der Waals surface area (Å²) in [4.78, 5) is 19.9. The molecule has 17 heavy (non-hydrogen) atoms. The molecule has 0 spiro atoms. The molecule has 94 valence electrons. The molecule has 0 fully saturated rings. The highest BCUT2D eigenvalue weighted by atomic mass is 35.5. The largest absolute Gasteiger partial charge is 0.383 e. The van der Waals surface area contributed by atoms with Crippen molar-refractivity contribution in [3.05, 3.63) is 16.9 Å². The van der Waals surface area contributed by atoms with Crippen molar-refractivity contribution in [2.45, 2.75) is 18.1 Å². The van der Waals surface area contributed by atoms with Gasteiger partial charge in [-0.05, 0) is 13.2 Å². The number of hydrogen-bond donors (Lipinski definition) is 1. The molecule has 0 aromatic carbocycles. The summed E-state index contributed by atoms with van der Waals surface area (Å²) in [5.74, 6) is -0.322. The Labute approximate surface area is 109 Å². The lowest BCUT2D eigenvalue weighted by molar-refractivity contribution is 0.0900. The number of hydrogen-bond acceptors (Lipinski definition) is 5. The minimum atomic E-state index is -0.322. The standard InChI is InChI=1S/C10H14ClN3O2S/c1-6(5-16-2)13-9(15)8-7(11)4-12-10(14-8)17-3/h4,6H,5H2,1-3H3,(H,13,15)/t6-/m0/s1. The first-order valence-electron chi connectivity index (χ1n) is 4.94. The van der Waals surface area contributed by atoms with E-state index in [-0.39, 0.29) is 22.7 Å². The number of nitrogens with one attached hydrogen (secondary N) is 1. The summed E-state index contributed by atoms with van der Waals surface area (Å²) in [5, 5.41) is 3.49. The Morgan fingerprint density at radius 2 is 2.41 bits per heavy atom. The highest BCUT2D eigenvalue weighted by Crippen LogP contribution is 2.16. The van der Waals surface area contributed by atoms with E-state index < -0.39 is 0 Å². The van der Waals surface area contributed by atoms with Crippen molar-refractivity contribution >= 4 is 29.3 Å². The van der Waals surface area contributed by atoms with Crippen LogP contribution in [0.3, 0.4) is 0 Å². The molecule has 0 bridgehead atoms. The average molecular weight is 276 g/mol. The van der Waals surface area contributed by atoms with E-state index in [9.17, 15) is 4.79 Å². The number of rotatable bonds is 5. The van der Waals surface area contributed by atoms with Gasteiger partial charge in [-0.3, -0.25) is 4.79 Å². The van der Waals surface area contributed by atoms with Crippen molar-refractivity contribution in [3.63, 3.8) is 0 Å². The third-order valence-electron chi connectivity index (χ3n) is 1.91. The molecule has 7 heteroatoms. The summed E-state index contributed by atoms with van der Waals surface area (Å²) in [5.41, 5.74) is 0.189. The SMILES string of the molecule is COC[C@H](C)NC(=O)c1nc(SC)ncc1Cl. The number of carbonyl (C=O) groups is 1. The number of methoxy groups -OCH3 is 1. The monoisotopic (exact) mass is 275 g/mol. The van der Waals surface area contributed by atoms with Crippen molar-refractivity contribution < 1.29 is 9.53 Å². The summed E-state index contributed by atoms with van der Waals surface area (Å²) in [6, 6.07) is -0.101. The van der Waals surface area contributed by atoms with Crippen molar-refractivity contribution in [2.75, 3.05) is 20.0 Å². The molecule has 1 aromatic heterocycles. The van der Waals surface area contributed by atoms with Gasteiger partial charge in [0.1, 0.15) is 0 Å².